The number of amides is 1. The van der Waals surface area contributed by atoms with Crippen LogP contribution in [0.3, 0.4) is 0 Å². The Morgan fingerprint density at radius 1 is 1.23 bits per heavy atom. The Kier molecular flexibility index (Phi) is 7.32. The van der Waals surface area contributed by atoms with Crippen molar-refractivity contribution in [1.29, 1.82) is 0 Å². The highest BCUT2D eigenvalue weighted by molar-refractivity contribution is 7.99. The summed E-state index contributed by atoms with van der Waals surface area (Å²) in [5.74, 6) is 3.59. The summed E-state index contributed by atoms with van der Waals surface area (Å²) in [6.07, 6.45) is 1.70. The lowest BCUT2D eigenvalue weighted by atomic mass is 10.1. The molecule has 3 heterocycles. The summed E-state index contributed by atoms with van der Waals surface area (Å²) < 4.78 is 5.12. The molecule has 0 radical (unpaired) electrons. The zero-order chi connectivity index (χ0) is 21.6. The molecular formula is C23H26N4O2S2. The number of aromatic nitrogens is 2. The molecule has 4 rings (SSSR count). The molecule has 0 saturated carbocycles. The van der Waals surface area contributed by atoms with Crippen LogP contribution in [0.4, 0.5) is 5.69 Å². The average Bonchev–Trinajstić information content (AvgIpc) is 3.20. The van der Waals surface area contributed by atoms with E-state index < -0.39 is 0 Å². The first-order chi connectivity index (χ1) is 15.1. The number of anilines is 1. The Morgan fingerprint density at radius 3 is 2.84 bits per heavy atom. The first kappa shape index (κ1) is 21.9. The normalized spacial score (nSPS) is 14.5. The fraction of sp³-hybridized carbons (Fsp3) is 0.348. The number of hydrogen-bond acceptors (Lipinski definition) is 7. The molecule has 8 heteroatoms. The van der Waals surface area contributed by atoms with Crippen LogP contribution in [-0.4, -0.2) is 45.5 Å². The number of carbonyl (C=O) groups excluding carboxylic acids is 1. The molecule has 162 valence electrons. The van der Waals surface area contributed by atoms with Gasteiger partial charge in [0.15, 0.2) is 0 Å². The van der Waals surface area contributed by atoms with Crippen LogP contribution in [0.2, 0.25) is 0 Å². The maximum absolute atomic E-state index is 13.1. The van der Waals surface area contributed by atoms with E-state index in [4.69, 9.17) is 4.52 Å². The fourth-order valence-electron chi connectivity index (χ4n) is 3.42. The van der Waals surface area contributed by atoms with Crippen molar-refractivity contribution >= 4 is 35.1 Å². The number of carbonyl (C=O) groups is 1. The first-order valence-corrected chi connectivity index (χ1v) is 12.4. The molecule has 1 saturated heterocycles. The molecule has 1 N–H and O–H groups in total. The second kappa shape index (κ2) is 10.3. The predicted molar refractivity (Wildman–Crippen MR) is 127 cm³/mol. The Balaban J connectivity index is 1.46. The molecule has 0 unspecified atom stereocenters. The number of rotatable bonds is 7. The van der Waals surface area contributed by atoms with E-state index in [0.29, 0.717) is 16.3 Å². The van der Waals surface area contributed by atoms with Crippen LogP contribution in [0.1, 0.15) is 32.9 Å². The van der Waals surface area contributed by atoms with Gasteiger partial charge in [0.05, 0.1) is 11.3 Å². The number of nitrogens with one attached hydrogen (secondary N) is 1. The van der Waals surface area contributed by atoms with E-state index in [-0.39, 0.29) is 5.91 Å². The van der Waals surface area contributed by atoms with Gasteiger partial charge >= 0.3 is 0 Å². The zero-order valence-electron chi connectivity index (χ0n) is 17.8. The van der Waals surface area contributed by atoms with Gasteiger partial charge in [-0.05, 0) is 43.2 Å². The van der Waals surface area contributed by atoms with Gasteiger partial charge in [-0.2, -0.15) is 11.8 Å². The summed E-state index contributed by atoms with van der Waals surface area (Å²) in [5.41, 5.74) is 4.50. The van der Waals surface area contributed by atoms with Crippen molar-refractivity contribution in [2.24, 2.45) is 0 Å². The minimum atomic E-state index is -0.151. The number of thioether (sulfide) groups is 2. The molecule has 1 fully saturated rings. The molecule has 2 aromatic heterocycles. The molecule has 6 nitrogen and oxygen atoms in total. The van der Waals surface area contributed by atoms with Crippen LogP contribution in [-0.2, 0) is 12.3 Å². The average molecular weight is 455 g/mol. The summed E-state index contributed by atoms with van der Waals surface area (Å²) >= 11 is 3.49. The number of aryl methyl sites for hydroxylation is 2. The van der Waals surface area contributed by atoms with E-state index >= 15 is 0 Å². The Labute approximate surface area is 191 Å². The zero-order valence-corrected chi connectivity index (χ0v) is 19.4. The largest absolute Gasteiger partial charge is 0.361 e. The molecule has 0 bridgehead atoms. The highest BCUT2D eigenvalue weighted by Gasteiger charge is 2.16. The summed E-state index contributed by atoms with van der Waals surface area (Å²) in [5, 5.41) is 7.79. The van der Waals surface area contributed by atoms with Crippen LogP contribution < -0.4 is 5.32 Å². The van der Waals surface area contributed by atoms with Crippen LogP contribution in [0, 0.1) is 13.8 Å². The minimum absolute atomic E-state index is 0.151. The second-order valence-electron chi connectivity index (χ2n) is 7.57. The van der Waals surface area contributed by atoms with Crippen molar-refractivity contribution in [3.8, 4) is 0 Å². The van der Waals surface area contributed by atoms with Crippen LogP contribution in [0.15, 0.2) is 52.1 Å². The van der Waals surface area contributed by atoms with Gasteiger partial charge in [0.1, 0.15) is 10.8 Å². The molecule has 0 atom stereocenters. The molecule has 0 aliphatic carbocycles. The maximum atomic E-state index is 13.1. The summed E-state index contributed by atoms with van der Waals surface area (Å²) in [7, 11) is 0. The smallest absolute Gasteiger partial charge is 0.258 e. The fourth-order valence-corrected chi connectivity index (χ4v) is 5.27. The van der Waals surface area contributed by atoms with E-state index in [0.717, 1.165) is 42.3 Å². The van der Waals surface area contributed by atoms with Gasteiger partial charge in [0.2, 0.25) is 0 Å². The van der Waals surface area contributed by atoms with Crippen LogP contribution in [0.25, 0.3) is 0 Å². The molecule has 1 aromatic carbocycles. The molecule has 1 aliphatic rings. The molecule has 31 heavy (non-hydrogen) atoms. The van der Waals surface area contributed by atoms with E-state index in [1.807, 2.05) is 37.7 Å². The topological polar surface area (TPSA) is 71.3 Å². The Hall–Kier alpha value is -2.29. The van der Waals surface area contributed by atoms with Crippen molar-refractivity contribution in [3.05, 3.63) is 70.7 Å². The lowest BCUT2D eigenvalue weighted by molar-refractivity contribution is 0.102. The maximum Gasteiger partial charge on any atom is 0.258 e. The van der Waals surface area contributed by atoms with Gasteiger partial charge in [0.25, 0.3) is 5.91 Å². The van der Waals surface area contributed by atoms with E-state index in [1.165, 1.54) is 28.8 Å². The Bertz CT molecular complexity index is 1050. The summed E-state index contributed by atoms with van der Waals surface area (Å²) in [6, 6.07) is 11.8. The van der Waals surface area contributed by atoms with E-state index in [1.54, 1.807) is 12.3 Å². The number of hydrogen-bond donors (Lipinski definition) is 1. The molecule has 1 amide bonds. The first-order valence-electron chi connectivity index (χ1n) is 10.3. The number of pyridine rings is 1. The molecule has 1 aliphatic heterocycles. The monoisotopic (exact) mass is 454 g/mol. The summed E-state index contributed by atoms with van der Waals surface area (Å²) in [4.78, 5) is 20.0. The van der Waals surface area contributed by atoms with Crippen LogP contribution >= 0.6 is 23.5 Å². The van der Waals surface area contributed by atoms with Gasteiger partial charge in [0, 0.05) is 54.8 Å². The van der Waals surface area contributed by atoms with Crippen molar-refractivity contribution in [1.82, 2.24) is 15.0 Å². The van der Waals surface area contributed by atoms with Crippen molar-refractivity contribution in [2.75, 3.05) is 29.9 Å². The highest BCUT2D eigenvalue weighted by Crippen LogP contribution is 2.26. The van der Waals surface area contributed by atoms with Crippen molar-refractivity contribution in [2.45, 2.75) is 31.2 Å². The van der Waals surface area contributed by atoms with Gasteiger partial charge in [-0.3, -0.25) is 9.69 Å². The predicted octanol–water partition coefficient (Wildman–Crippen LogP) is 4.78. The highest BCUT2D eigenvalue weighted by atomic mass is 32.2. The van der Waals surface area contributed by atoms with Gasteiger partial charge < -0.3 is 9.84 Å². The quantitative estimate of drug-likeness (QED) is 0.515. The number of nitrogens with zero attached hydrogens (tertiary/aromatic N) is 3. The third kappa shape index (κ3) is 5.90. The van der Waals surface area contributed by atoms with Gasteiger partial charge in [-0.15, -0.1) is 0 Å². The van der Waals surface area contributed by atoms with Crippen molar-refractivity contribution < 1.29 is 9.32 Å². The Morgan fingerprint density at radius 2 is 2.06 bits per heavy atom. The van der Waals surface area contributed by atoms with Crippen LogP contribution in [0.5, 0.6) is 0 Å². The second-order valence-corrected chi connectivity index (χ2v) is 9.75. The third-order valence-corrected chi connectivity index (χ3v) is 7.09. The SMILES string of the molecule is Cc1cc(CSc2ncccc2C(=O)Nc2cc(CN3CCSCC3)ccc2C)no1. The molecule has 0 spiro atoms. The van der Waals surface area contributed by atoms with E-state index in [9.17, 15) is 4.79 Å². The van der Waals surface area contributed by atoms with E-state index in [2.05, 4.69) is 38.6 Å². The lowest BCUT2D eigenvalue weighted by Gasteiger charge is -2.26. The summed E-state index contributed by atoms with van der Waals surface area (Å²) in [6.45, 7) is 7.02. The lowest BCUT2D eigenvalue weighted by Crippen LogP contribution is -2.32. The van der Waals surface area contributed by atoms with Gasteiger partial charge in [-0.1, -0.05) is 29.1 Å². The number of benzene rings is 1. The van der Waals surface area contributed by atoms with Crippen molar-refractivity contribution in [3.63, 3.8) is 0 Å². The molecule has 3 aromatic rings. The standard InChI is InChI=1S/C23H26N4O2S2/c1-16-5-6-18(14-27-8-10-30-11-9-27)13-21(16)25-22(28)20-4-3-7-24-23(20)31-15-19-12-17(2)29-26-19/h3-7,12-13H,8-11,14-15H2,1-2H3,(H,25,28). The third-order valence-electron chi connectivity index (χ3n) is 5.11. The minimum Gasteiger partial charge on any atom is -0.361 e. The van der Waals surface area contributed by atoms with Gasteiger partial charge in [-0.25, -0.2) is 4.98 Å². The molecular weight excluding hydrogens is 428 g/mol.